The standard InChI is InChI=1S/C14H21N3O4/c1-8-4-5-17(7-11(8)21-3)14(20)16-10-6-9(2)15-12(10)13(18)19/h6,8,11,15H,4-5,7H2,1-3H3,(H,16,20)(H,18,19). The van der Waals surface area contributed by atoms with Gasteiger partial charge in [-0.3, -0.25) is 0 Å². The maximum absolute atomic E-state index is 12.3. The van der Waals surface area contributed by atoms with Crippen molar-refractivity contribution < 1.29 is 19.4 Å². The van der Waals surface area contributed by atoms with E-state index in [1.54, 1.807) is 25.0 Å². The molecule has 0 radical (unpaired) electrons. The SMILES string of the molecule is COC1CN(C(=O)Nc2cc(C)[nH]c2C(=O)O)CCC1C. The van der Waals surface area contributed by atoms with Crippen LogP contribution in [-0.4, -0.2) is 53.3 Å². The number of hydrogen-bond acceptors (Lipinski definition) is 3. The smallest absolute Gasteiger partial charge is 0.354 e. The number of rotatable bonds is 3. The molecule has 3 N–H and O–H groups in total. The lowest BCUT2D eigenvalue weighted by Gasteiger charge is -2.36. The van der Waals surface area contributed by atoms with Crippen LogP contribution < -0.4 is 5.32 Å². The van der Waals surface area contributed by atoms with Crippen molar-refractivity contribution >= 4 is 17.7 Å². The first-order valence-corrected chi connectivity index (χ1v) is 6.94. The molecule has 1 fully saturated rings. The van der Waals surface area contributed by atoms with Gasteiger partial charge in [0.2, 0.25) is 0 Å². The fraction of sp³-hybridized carbons (Fsp3) is 0.571. The highest BCUT2D eigenvalue weighted by atomic mass is 16.5. The molecule has 7 heteroatoms. The van der Waals surface area contributed by atoms with Gasteiger partial charge in [0.1, 0.15) is 5.69 Å². The molecule has 1 aromatic heterocycles. The van der Waals surface area contributed by atoms with E-state index >= 15 is 0 Å². The van der Waals surface area contributed by atoms with Crippen molar-refractivity contribution in [2.45, 2.75) is 26.4 Å². The second-order valence-corrected chi connectivity index (χ2v) is 5.46. The number of carbonyl (C=O) groups excluding carboxylic acids is 1. The highest BCUT2D eigenvalue weighted by Gasteiger charge is 2.29. The number of hydrogen-bond donors (Lipinski definition) is 3. The van der Waals surface area contributed by atoms with Crippen LogP contribution in [0, 0.1) is 12.8 Å². The highest BCUT2D eigenvalue weighted by Crippen LogP contribution is 2.22. The Hall–Kier alpha value is -2.02. The molecule has 1 aromatic rings. The summed E-state index contributed by atoms with van der Waals surface area (Å²) in [7, 11) is 1.64. The lowest BCUT2D eigenvalue weighted by atomic mass is 9.96. The number of urea groups is 1. The monoisotopic (exact) mass is 295 g/mol. The first-order chi connectivity index (χ1) is 9.92. The van der Waals surface area contributed by atoms with Crippen molar-refractivity contribution in [2.75, 3.05) is 25.5 Å². The Morgan fingerprint density at radius 3 is 2.86 bits per heavy atom. The summed E-state index contributed by atoms with van der Waals surface area (Å²) in [6.07, 6.45) is 0.876. The van der Waals surface area contributed by atoms with Crippen LogP contribution in [0.3, 0.4) is 0 Å². The number of ether oxygens (including phenoxy) is 1. The van der Waals surface area contributed by atoms with Crippen molar-refractivity contribution in [2.24, 2.45) is 5.92 Å². The number of nitrogens with zero attached hydrogens (tertiary/aromatic N) is 1. The van der Waals surface area contributed by atoms with Gasteiger partial charge < -0.3 is 25.0 Å². The Bertz CT molecular complexity index is 540. The van der Waals surface area contributed by atoms with Crippen molar-refractivity contribution in [3.8, 4) is 0 Å². The zero-order valence-corrected chi connectivity index (χ0v) is 12.5. The van der Waals surface area contributed by atoms with Gasteiger partial charge in [0.05, 0.1) is 11.8 Å². The number of nitrogens with one attached hydrogen (secondary N) is 2. The first-order valence-electron chi connectivity index (χ1n) is 6.94. The number of aryl methyl sites for hydroxylation is 1. The normalized spacial score (nSPS) is 22.1. The predicted octanol–water partition coefficient (Wildman–Crippen LogP) is 1.91. The predicted molar refractivity (Wildman–Crippen MR) is 77.7 cm³/mol. The fourth-order valence-electron chi connectivity index (χ4n) is 2.58. The number of methoxy groups -OCH3 is 1. The number of carbonyl (C=O) groups is 2. The van der Waals surface area contributed by atoms with Gasteiger partial charge in [-0.1, -0.05) is 6.92 Å². The number of aromatic nitrogens is 1. The second-order valence-electron chi connectivity index (χ2n) is 5.46. The summed E-state index contributed by atoms with van der Waals surface area (Å²) < 4.78 is 5.38. The summed E-state index contributed by atoms with van der Waals surface area (Å²) in [4.78, 5) is 27.8. The van der Waals surface area contributed by atoms with Gasteiger partial charge in [-0.25, -0.2) is 9.59 Å². The maximum Gasteiger partial charge on any atom is 0.354 e. The van der Waals surface area contributed by atoms with E-state index in [1.165, 1.54) is 0 Å². The lowest BCUT2D eigenvalue weighted by Crippen LogP contribution is -2.48. The highest BCUT2D eigenvalue weighted by molar-refractivity contribution is 5.99. The van der Waals surface area contributed by atoms with Crippen LogP contribution in [0.1, 0.15) is 29.5 Å². The molecule has 0 aliphatic carbocycles. The molecule has 1 aliphatic rings. The zero-order valence-electron chi connectivity index (χ0n) is 12.5. The molecule has 116 valence electrons. The fourth-order valence-corrected chi connectivity index (χ4v) is 2.58. The molecule has 2 amide bonds. The number of amides is 2. The number of aromatic amines is 1. The zero-order chi connectivity index (χ0) is 15.6. The summed E-state index contributed by atoms with van der Waals surface area (Å²) in [6.45, 7) is 4.99. The van der Waals surface area contributed by atoms with Crippen LogP contribution in [0.4, 0.5) is 10.5 Å². The van der Waals surface area contributed by atoms with Gasteiger partial charge in [-0.15, -0.1) is 0 Å². The maximum atomic E-state index is 12.3. The molecular formula is C14H21N3O4. The number of likely N-dealkylation sites (tertiary alicyclic amines) is 1. The van der Waals surface area contributed by atoms with Gasteiger partial charge >= 0.3 is 12.0 Å². The minimum Gasteiger partial charge on any atom is -0.477 e. The van der Waals surface area contributed by atoms with Crippen LogP contribution in [0.25, 0.3) is 0 Å². The van der Waals surface area contributed by atoms with Gasteiger partial charge in [-0.2, -0.15) is 0 Å². The van der Waals surface area contributed by atoms with Crippen LogP contribution in [-0.2, 0) is 4.74 Å². The average molecular weight is 295 g/mol. The van der Waals surface area contributed by atoms with Gasteiger partial charge in [0.15, 0.2) is 0 Å². The van der Waals surface area contributed by atoms with E-state index in [4.69, 9.17) is 9.84 Å². The molecule has 0 spiro atoms. The molecule has 2 unspecified atom stereocenters. The van der Waals surface area contributed by atoms with Crippen molar-refractivity contribution in [3.63, 3.8) is 0 Å². The quantitative estimate of drug-likeness (QED) is 0.794. The van der Waals surface area contributed by atoms with Crippen LogP contribution in [0.2, 0.25) is 0 Å². The Morgan fingerprint density at radius 2 is 2.24 bits per heavy atom. The number of anilines is 1. The molecule has 0 saturated carbocycles. The third kappa shape index (κ3) is 3.36. The van der Waals surface area contributed by atoms with E-state index in [-0.39, 0.29) is 23.5 Å². The summed E-state index contributed by atoms with van der Waals surface area (Å²) in [5, 5.41) is 11.8. The number of carboxylic acids is 1. The number of aromatic carboxylic acids is 1. The van der Waals surface area contributed by atoms with Crippen LogP contribution in [0.5, 0.6) is 0 Å². The van der Waals surface area contributed by atoms with Crippen LogP contribution in [0.15, 0.2) is 6.07 Å². The molecule has 1 aliphatic heterocycles. The number of piperidine rings is 1. The molecular weight excluding hydrogens is 274 g/mol. The third-order valence-electron chi connectivity index (χ3n) is 3.89. The van der Waals surface area contributed by atoms with Gasteiger partial charge in [-0.05, 0) is 25.3 Å². The lowest BCUT2D eigenvalue weighted by molar-refractivity contribution is 0.00895. The van der Waals surface area contributed by atoms with E-state index in [9.17, 15) is 9.59 Å². The van der Waals surface area contributed by atoms with Crippen molar-refractivity contribution in [1.29, 1.82) is 0 Å². The van der Waals surface area contributed by atoms with Gasteiger partial charge in [0.25, 0.3) is 0 Å². The van der Waals surface area contributed by atoms with Crippen molar-refractivity contribution in [1.82, 2.24) is 9.88 Å². The van der Waals surface area contributed by atoms with E-state index in [0.717, 1.165) is 6.42 Å². The van der Waals surface area contributed by atoms with Crippen molar-refractivity contribution in [3.05, 3.63) is 17.5 Å². The van der Waals surface area contributed by atoms with E-state index in [0.29, 0.717) is 24.7 Å². The Balaban J connectivity index is 2.06. The van der Waals surface area contributed by atoms with Crippen LogP contribution >= 0.6 is 0 Å². The molecule has 2 heterocycles. The summed E-state index contributed by atoms with van der Waals surface area (Å²) in [5.74, 6) is -0.691. The summed E-state index contributed by atoms with van der Waals surface area (Å²) in [6, 6.07) is 1.31. The molecule has 21 heavy (non-hydrogen) atoms. The largest absolute Gasteiger partial charge is 0.477 e. The molecule has 0 bridgehead atoms. The minimum atomic E-state index is -1.10. The minimum absolute atomic E-state index is 0.00507. The molecule has 1 saturated heterocycles. The molecule has 2 atom stereocenters. The molecule has 0 aromatic carbocycles. The number of H-pyrrole nitrogens is 1. The Kier molecular flexibility index (Phi) is 4.52. The first kappa shape index (κ1) is 15.4. The Morgan fingerprint density at radius 1 is 1.52 bits per heavy atom. The number of carboxylic acid groups (broad SMARTS) is 1. The van der Waals surface area contributed by atoms with E-state index in [1.807, 2.05) is 0 Å². The summed E-state index contributed by atoms with van der Waals surface area (Å²) >= 11 is 0. The molecule has 7 nitrogen and oxygen atoms in total. The van der Waals surface area contributed by atoms with Gasteiger partial charge in [0, 0.05) is 25.9 Å². The molecule has 2 rings (SSSR count). The van der Waals surface area contributed by atoms with E-state index < -0.39 is 5.97 Å². The summed E-state index contributed by atoms with van der Waals surface area (Å²) in [5.41, 5.74) is 0.969. The average Bonchev–Trinajstić information content (AvgIpc) is 2.80. The third-order valence-corrected chi connectivity index (χ3v) is 3.89. The Labute approximate surface area is 123 Å². The second kappa shape index (κ2) is 6.17. The van der Waals surface area contributed by atoms with E-state index in [2.05, 4.69) is 17.2 Å². The topological polar surface area (TPSA) is 94.7 Å².